The van der Waals surface area contributed by atoms with E-state index < -0.39 is 0 Å². The molecule has 4 heteroatoms. The van der Waals surface area contributed by atoms with Crippen molar-refractivity contribution < 1.29 is 0 Å². The van der Waals surface area contributed by atoms with Crippen LogP contribution in [-0.4, -0.2) is 16.0 Å². The topological polar surface area (TPSA) is 63.8 Å². The Morgan fingerprint density at radius 2 is 2.00 bits per heavy atom. The summed E-state index contributed by atoms with van der Waals surface area (Å²) in [5.74, 6) is 1.17. The summed E-state index contributed by atoms with van der Waals surface area (Å²) in [6.45, 7) is 4.37. The lowest BCUT2D eigenvalue weighted by Crippen LogP contribution is -2.19. The molecule has 96 valence electrons. The van der Waals surface area contributed by atoms with Crippen LogP contribution in [0.3, 0.4) is 0 Å². The Bertz CT molecular complexity index is 524. The van der Waals surface area contributed by atoms with Gasteiger partial charge in [-0.15, -0.1) is 0 Å². The molecule has 1 heterocycles. The molecule has 2 rings (SSSR count). The first-order chi connectivity index (χ1) is 8.74. The lowest BCUT2D eigenvalue weighted by atomic mass is 10.1. The number of benzene rings is 1. The number of hydrogen-bond acceptors (Lipinski definition) is 4. The highest BCUT2D eigenvalue weighted by Crippen LogP contribution is 2.22. The summed E-state index contributed by atoms with van der Waals surface area (Å²) in [6.07, 6.45) is 3.37. The molecule has 0 aliphatic rings. The molecular weight excluding hydrogens is 224 g/mol. The van der Waals surface area contributed by atoms with Crippen LogP contribution < -0.4 is 11.1 Å². The normalized spacial score (nSPS) is 12.6. The number of nitrogen functional groups attached to an aromatic ring is 1. The van der Waals surface area contributed by atoms with Gasteiger partial charge in [0.25, 0.3) is 0 Å². The SMILES string of the molecule is CCCC(CC)Nc1nc(N)nc2ccccc12. The van der Waals surface area contributed by atoms with Gasteiger partial charge in [0.05, 0.1) is 5.52 Å². The summed E-state index contributed by atoms with van der Waals surface area (Å²) in [5, 5.41) is 4.51. The van der Waals surface area contributed by atoms with Crippen molar-refractivity contribution in [1.29, 1.82) is 0 Å². The number of nitrogens with two attached hydrogens (primary N) is 1. The zero-order valence-corrected chi connectivity index (χ0v) is 11.0. The van der Waals surface area contributed by atoms with Gasteiger partial charge < -0.3 is 11.1 Å². The van der Waals surface area contributed by atoms with E-state index in [1.54, 1.807) is 0 Å². The van der Waals surface area contributed by atoms with E-state index in [0.717, 1.165) is 36.0 Å². The summed E-state index contributed by atoms with van der Waals surface area (Å²) < 4.78 is 0. The summed E-state index contributed by atoms with van der Waals surface area (Å²) in [5.41, 5.74) is 6.64. The van der Waals surface area contributed by atoms with Gasteiger partial charge >= 0.3 is 0 Å². The smallest absolute Gasteiger partial charge is 0.222 e. The van der Waals surface area contributed by atoms with Crippen molar-refractivity contribution in [2.75, 3.05) is 11.1 Å². The van der Waals surface area contributed by atoms with Crippen LogP contribution in [0.15, 0.2) is 24.3 Å². The van der Waals surface area contributed by atoms with E-state index in [-0.39, 0.29) is 0 Å². The maximum absolute atomic E-state index is 5.75. The maximum atomic E-state index is 5.75. The van der Waals surface area contributed by atoms with Crippen LogP contribution in [0.4, 0.5) is 11.8 Å². The molecule has 0 saturated heterocycles. The van der Waals surface area contributed by atoms with E-state index in [0.29, 0.717) is 12.0 Å². The molecule has 2 aromatic rings. The number of anilines is 2. The summed E-state index contributed by atoms with van der Waals surface area (Å²) in [7, 11) is 0. The number of rotatable bonds is 5. The molecule has 1 aromatic heterocycles. The highest BCUT2D eigenvalue weighted by atomic mass is 15.1. The van der Waals surface area contributed by atoms with E-state index in [1.165, 1.54) is 0 Å². The van der Waals surface area contributed by atoms with Crippen LogP contribution in [0.1, 0.15) is 33.1 Å². The fourth-order valence-corrected chi connectivity index (χ4v) is 2.12. The van der Waals surface area contributed by atoms with Gasteiger partial charge in [-0.25, -0.2) is 4.98 Å². The molecule has 0 radical (unpaired) electrons. The van der Waals surface area contributed by atoms with Crippen LogP contribution in [0.25, 0.3) is 10.9 Å². The molecular formula is C14H20N4. The van der Waals surface area contributed by atoms with Crippen LogP contribution >= 0.6 is 0 Å². The molecule has 0 spiro atoms. The Morgan fingerprint density at radius 1 is 1.22 bits per heavy atom. The van der Waals surface area contributed by atoms with E-state index in [1.807, 2.05) is 24.3 Å². The minimum Gasteiger partial charge on any atom is -0.368 e. The second kappa shape index (κ2) is 5.67. The minimum absolute atomic E-state index is 0.322. The number of para-hydroxylation sites is 1. The largest absolute Gasteiger partial charge is 0.368 e. The molecule has 0 saturated carbocycles. The molecule has 0 aliphatic heterocycles. The molecule has 3 N–H and O–H groups in total. The number of nitrogens with one attached hydrogen (secondary N) is 1. The molecule has 4 nitrogen and oxygen atoms in total. The quantitative estimate of drug-likeness (QED) is 0.847. The molecule has 18 heavy (non-hydrogen) atoms. The Hall–Kier alpha value is -1.84. The van der Waals surface area contributed by atoms with Crippen LogP contribution in [0.5, 0.6) is 0 Å². The summed E-state index contributed by atoms with van der Waals surface area (Å²) in [6, 6.07) is 8.37. The van der Waals surface area contributed by atoms with Crippen molar-refractivity contribution in [3.8, 4) is 0 Å². The van der Waals surface area contributed by atoms with Crippen molar-refractivity contribution in [3.05, 3.63) is 24.3 Å². The first kappa shape index (κ1) is 12.6. The average Bonchev–Trinajstić information content (AvgIpc) is 2.38. The second-order valence-corrected chi connectivity index (χ2v) is 4.49. The maximum Gasteiger partial charge on any atom is 0.222 e. The van der Waals surface area contributed by atoms with Gasteiger partial charge in [-0.1, -0.05) is 32.4 Å². The van der Waals surface area contributed by atoms with E-state index in [2.05, 4.69) is 29.1 Å². The lowest BCUT2D eigenvalue weighted by molar-refractivity contribution is 0.621. The zero-order valence-electron chi connectivity index (χ0n) is 11.0. The van der Waals surface area contributed by atoms with E-state index in [9.17, 15) is 0 Å². The van der Waals surface area contributed by atoms with Crippen molar-refractivity contribution in [2.24, 2.45) is 0 Å². The van der Waals surface area contributed by atoms with Crippen molar-refractivity contribution in [3.63, 3.8) is 0 Å². The first-order valence-corrected chi connectivity index (χ1v) is 6.53. The molecule has 0 amide bonds. The molecule has 0 bridgehead atoms. The summed E-state index contributed by atoms with van der Waals surface area (Å²) >= 11 is 0. The van der Waals surface area contributed by atoms with Gasteiger partial charge in [0.2, 0.25) is 5.95 Å². The lowest BCUT2D eigenvalue weighted by Gasteiger charge is -2.18. The zero-order chi connectivity index (χ0) is 13.0. The Balaban J connectivity index is 2.37. The number of nitrogens with zero attached hydrogens (tertiary/aromatic N) is 2. The van der Waals surface area contributed by atoms with Crippen molar-refractivity contribution in [2.45, 2.75) is 39.2 Å². The third-order valence-corrected chi connectivity index (χ3v) is 3.09. The summed E-state index contributed by atoms with van der Waals surface area (Å²) in [4.78, 5) is 8.57. The Kier molecular flexibility index (Phi) is 3.97. The number of hydrogen-bond donors (Lipinski definition) is 2. The minimum atomic E-state index is 0.322. The predicted octanol–water partition coefficient (Wildman–Crippen LogP) is 3.20. The number of fused-ring (bicyclic) bond motifs is 1. The first-order valence-electron chi connectivity index (χ1n) is 6.53. The second-order valence-electron chi connectivity index (χ2n) is 4.49. The fraction of sp³-hybridized carbons (Fsp3) is 0.429. The predicted molar refractivity (Wildman–Crippen MR) is 76.6 cm³/mol. The molecule has 0 aliphatic carbocycles. The van der Waals surface area contributed by atoms with Crippen molar-refractivity contribution in [1.82, 2.24) is 9.97 Å². The van der Waals surface area contributed by atoms with Crippen LogP contribution in [0.2, 0.25) is 0 Å². The monoisotopic (exact) mass is 244 g/mol. The Morgan fingerprint density at radius 3 is 2.72 bits per heavy atom. The molecule has 0 fully saturated rings. The Labute approximate surface area is 108 Å². The van der Waals surface area contributed by atoms with Crippen LogP contribution in [0, 0.1) is 0 Å². The van der Waals surface area contributed by atoms with Crippen molar-refractivity contribution >= 4 is 22.7 Å². The van der Waals surface area contributed by atoms with E-state index >= 15 is 0 Å². The molecule has 1 aromatic carbocycles. The van der Waals surface area contributed by atoms with Gasteiger partial charge in [0.1, 0.15) is 5.82 Å². The van der Waals surface area contributed by atoms with E-state index in [4.69, 9.17) is 5.73 Å². The van der Waals surface area contributed by atoms with Gasteiger partial charge in [-0.2, -0.15) is 4.98 Å². The third kappa shape index (κ3) is 2.70. The average molecular weight is 244 g/mol. The standard InChI is InChI=1S/C14H20N4/c1-3-7-10(4-2)16-13-11-8-5-6-9-12(11)17-14(15)18-13/h5-6,8-10H,3-4,7H2,1-2H3,(H3,15,16,17,18). The highest BCUT2D eigenvalue weighted by Gasteiger charge is 2.10. The van der Waals surface area contributed by atoms with Gasteiger partial charge in [0.15, 0.2) is 0 Å². The highest BCUT2D eigenvalue weighted by molar-refractivity contribution is 5.89. The van der Waals surface area contributed by atoms with Gasteiger partial charge in [-0.05, 0) is 25.0 Å². The van der Waals surface area contributed by atoms with Gasteiger partial charge in [0, 0.05) is 11.4 Å². The van der Waals surface area contributed by atoms with Gasteiger partial charge in [-0.3, -0.25) is 0 Å². The fourth-order valence-electron chi connectivity index (χ4n) is 2.12. The molecule has 1 atom stereocenters. The molecule has 1 unspecified atom stereocenters. The number of aromatic nitrogens is 2. The third-order valence-electron chi connectivity index (χ3n) is 3.09. The van der Waals surface area contributed by atoms with Crippen LogP contribution in [-0.2, 0) is 0 Å².